The molecular formula is C14H14N4O4. The topological polar surface area (TPSA) is 114 Å². The van der Waals surface area contributed by atoms with Crippen molar-refractivity contribution in [1.29, 1.82) is 0 Å². The molecular weight excluding hydrogens is 288 g/mol. The Morgan fingerprint density at radius 1 is 1.27 bits per heavy atom. The summed E-state index contributed by atoms with van der Waals surface area (Å²) in [7, 11) is 0. The molecule has 2 rings (SSSR count). The van der Waals surface area contributed by atoms with Gasteiger partial charge >= 0.3 is 11.8 Å². The van der Waals surface area contributed by atoms with Crippen LogP contribution < -0.4 is 10.7 Å². The van der Waals surface area contributed by atoms with Gasteiger partial charge in [-0.15, -0.1) is 0 Å². The van der Waals surface area contributed by atoms with E-state index in [0.717, 1.165) is 12.8 Å². The summed E-state index contributed by atoms with van der Waals surface area (Å²) in [6, 6.07) is 6.32. The molecule has 8 heteroatoms. The quantitative estimate of drug-likeness (QED) is 0.365. The zero-order valence-electron chi connectivity index (χ0n) is 11.6. The highest BCUT2D eigenvalue weighted by atomic mass is 16.6. The predicted octanol–water partition coefficient (Wildman–Crippen LogP) is 0.989. The Hall–Kier alpha value is -3.03. The minimum Gasteiger partial charge on any atom is -0.345 e. The third-order valence-electron chi connectivity index (χ3n) is 2.85. The molecule has 0 unspecified atom stereocenters. The fourth-order valence-electron chi connectivity index (χ4n) is 1.61. The number of carbonyl (C=O) groups excluding carboxylic acids is 2. The molecule has 0 bridgehead atoms. The maximum absolute atomic E-state index is 11.3. The van der Waals surface area contributed by atoms with Gasteiger partial charge in [-0.2, -0.15) is 5.10 Å². The van der Waals surface area contributed by atoms with Crippen molar-refractivity contribution in [2.75, 3.05) is 0 Å². The molecule has 0 atom stereocenters. The van der Waals surface area contributed by atoms with Gasteiger partial charge in [0.1, 0.15) is 0 Å². The van der Waals surface area contributed by atoms with Gasteiger partial charge < -0.3 is 5.32 Å². The summed E-state index contributed by atoms with van der Waals surface area (Å²) in [4.78, 5) is 33.0. The van der Waals surface area contributed by atoms with E-state index >= 15 is 0 Å². The van der Waals surface area contributed by atoms with Crippen molar-refractivity contribution in [3.8, 4) is 0 Å². The van der Waals surface area contributed by atoms with Crippen molar-refractivity contribution in [3.05, 3.63) is 46.0 Å². The molecule has 0 saturated heterocycles. The van der Waals surface area contributed by atoms with Crippen LogP contribution in [0.5, 0.6) is 0 Å². The summed E-state index contributed by atoms with van der Waals surface area (Å²) in [5, 5.41) is 16.9. The second-order valence-corrected chi connectivity index (χ2v) is 4.64. The van der Waals surface area contributed by atoms with E-state index in [9.17, 15) is 19.7 Å². The SMILES string of the molecule is O=C(N/N=C\C=C\c1ccccc1[N+](=O)[O-])C(=O)NC1CC1. The molecule has 0 spiro atoms. The Bertz CT molecular complexity index is 650. The number of hydrazone groups is 1. The summed E-state index contributed by atoms with van der Waals surface area (Å²) in [6.45, 7) is 0. The van der Waals surface area contributed by atoms with Crippen LogP contribution in [0, 0.1) is 10.1 Å². The molecule has 0 aliphatic heterocycles. The minimum absolute atomic E-state index is 0.0278. The minimum atomic E-state index is -0.845. The zero-order valence-corrected chi connectivity index (χ0v) is 11.6. The number of amides is 2. The Balaban J connectivity index is 1.85. The molecule has 1 fully saturated rings. The van der Waals surface area contributed by atoms with Crippen LogP contribution in [0.25, 0.3) is 6.08 Å². The third kappa shape index (κ3) is 4.51. The number of para-hydroxylation sites is 1. The van der Waals surface area contributed by atoms with Crippen LogP contribution >= 0.6 is 0 Å². The highest BCUT2D eigenvalue weighted by molar-refractivity contribution is 6.35. The second kappa shape index (κ2) is 7.11. The average Bonchev–Trinajstić information content (AvgIpc) is 3.30. The molecule has 0 radical (unpaired) electrons. The standard InChI is InChI=1S/C14H14N4O4/c19-13(16-11-7-8-11)14(20)17-15-9-3-5-10-4-1-2-6-12(10)18(21)22/h1-6,9,11H,7-8H2,(H,16,19)(H,17,20)/b5-3+,15-9-. The lowest BCUT2D eigenvalue weighted by molar-refractivity contribution is -0.385. The molecule has 0 heterocycles. The van der Waals surface area contributed by atoms with E-state index in [0.29, 0.717) is 5.56 Å². The van der Waals surface area contributed by atoms with E-state index in [4.69, 9.17) is 0 Å². The highest BCUT2D eigenvalue weighted by Gasteiger charge is 2.26. The zero-order chi connectivity index (χ0) is 15.9. The number of nitrogens with zero attached hydrogens (tertiary/aromatic N) is 2. The fraction of sp³-hybridized carbons (Fsp3) is 0.214. The van der Waals surface area contributed by atoms with Crippen LogP contribution in [0.4, 0.5) is 5.69 Å². The summed E-state index contributed by atoms with van der Waals surface area (Å²) < 4.78 is 0. The Kier molecular flexibility index (Phi) is 4.97. The molecule has 0 aromatic heterocycles. The lowest BCUT2D eigenvalue weighted by Gasteiger charge is -1.99. The van der Waals surface area contributed by atoms with Crippen molar-refractivity contribution in [2.24, 2.45) is 5.10 Å². The Morgan fingerprint density at radius 3 is 2.68 bits per heavy atom. The number of benzene rings is 1. The number of allylic oxidation sites excluding steroid dienone is 1. The van der Waals surface area contributed by atoms with E-state index in [1.807, 2.05) is 0 Å². The molecule has 2 N–H and O–H groups in total. The highest BCUT2D eigenvalue weighted by Crippen LogP contribution is 2.19. The summed E-state index contributed by atoms with van der Waals surface area (Å²) in [5.41, 5.74) is 2.46. The van der Waals surface area contributed by atoms with E-state index in [1.165, 1.54) is 24.4 Å². The number of hydrogen-bond acceptors (Lipinski definition) is 5. The van der Waals surface area contributed by atoms with Crippen LogP contribution in [-0.4, -0.2) is 29.0 Å². The number of nitro benzene ring substituents is 1. The first-order chi connectivity index (χ1) is 10.6. The van der Waals surface area contributed by atoms with Crippen molar-refractivity contribution < 1.29 is 14.5 Å². The van der Waals surface area contributed by atoms with Crippen molar-refractivity contribution >= 4 is 29.8 Å². The molecule has 1 aromatic carbocycles. The van der Waals surface area contributed by atoms with Crippen LogP contribution in [0.2, 0.25) is 0 Å². The van der Waals surface area contributed by atoms with Crippen LogP contribution in [0.3, 0.4) is 0 Å². The van der Waals surface area contributed by atoms with Gasteiger partial charge in [-0.25, -0.2) is 5.43 Å². The van der Waals surface area contributed by atoms with Crippen molar-refractivity contribution in [1.82, 2.24) is 10.7 Å². The summed E-state index contributed by atoms with van der Waals surface area (Å²) >= 11 is 0. The average molecular weight is 302 g/mol. The monoisotopic (exact) mass is 302 g/mol. The summed E-state index contributed by atoms with van der Waals surface area (Å²) in [5.74, 6) is -1.57. The van der Waals surface area contributed by atoms with E-state index in [1.54, 1.807) is 18.2 Å². The van der Waals surface area contributed by atoms with Gasteiger partial charge in [0.2, 0.25) is 0 Å². The van der Waals surface area contributed by atoms with Gasteiger partial charge in [0, 0.05) is 18.3 Å². The predicted molar refractivity (Wildman–Crippen MR) is 79.9 cm³/mol. The molecule has 1 aliphatic carbocycles. The Morgan fingerprint density at radius 2 is 2.00 bits per heavy atom. The summed E-state index contributed by atoms with van der Waals surface area (Å²) in [6.07, 6.45) is 5.93. The van der Waals surface area contributed by atoms with Crippen LogP contribution in [-0.2, 0) is 9.59 Å². The largest absolute Gasteiger partial charge is 0.345 e. The van der Waals surface area contributed by atoms with E-state index < -0.39 is 16.7 Å². The number of nitro groups is 1. The number of nitrogens with one attached hydrogen (secondary N) is 2. The smallest absolute Gasteiger partial charge is 0.329 e. The number of hydrogen-bond donors (Lipinski definition) is 2. The number of carbonyl (C=O) groups is 2. The van der Waals surface area contributed by atoms with Crippen LogP contribution in [0.15, 0.2) is 35.4 Å². The molecule has 1 saturated carbocycles. The maximum Gasteiger partial charge on any atom is 0.329 e. The maximum atomic E-state index is 11.3. The van der Waals surface area contributed by atoms with Crippen molar-refractivity contribution in [3.63, 3.8) is 0 Å². The molecule has 114 valence electrons. The van der Waals surface area contributed by atoms with E-state index in [-0.39, 0.29) is 11.7 Å². The van der Waals surface area contributed by atoms with E-state index in [2.05, 4.69) is 15.8 Å². The van der Waals surface area contributed by atoms with Gasteiger partial charge in [0.25, 0.3) is 5.69 Å². The lowest BCUT2D eigenvalue weighted by Crippen LogP contribution is -2.38. The van der Waals surface area contributed by atoms with Gasteiger partial charge in [-0.3, -0.25) is 19.7 Å². The molecule has 1 aromatic rings. The van der Waals surface area contributed by atoms with Gasteiger partial charge in [-0.1, -0.05) is 12.1 Å². The Labute approximate surface area is 126 Å². The van der Waals surface area contributed by atoms with Gasteiger partial charge in [-0.05, 0) is 31.1 Å². The first-order valence-electron chi connectivity index (χ1n) is 6.62. The van der Waals surface area contributed by atoms with Crippen LogP contribution in [0.1, 0.15) is 18.4 Å². The molecule has 8 nitrogen and oxygen atoms in total. The first-order valence-corrected chi connectivity index (χ1v) is 6.62. The lowest BCUT2D eigenvalue weighted by atomic mass is 10.2. The molecule has 2 amide bonds. The molecule has 22 heavy (non-hydrogen) atoms. The first kappa shape index (κ1) is 15.4. The van der Waals surface area contributed by atoms with Gasteiger partial charge in [0.05, 0.1) is 10.5 Å². The van der Waals surface area contributed by atoms with Gasteiger partial charge in [0.15, 0.2) is 0 Å². The molecule has 1 aliphatic rings. The third-order valence-corrected chi connectivity index (χ3v) is 2.85. The fourth-order valence-corrected chi connectivity index (χ4v) is 1.61. The van der Waals surface area contributed by atoms with Crippen molar-refractivity contribution in [2.45, 2.75) is 18.9 Å². The normalized spacial score (nSPS) is 14.2. The second-order valence-electron chi connectivity index (χ2n) is 4.64. The number of rotatable bonds is 5.